The average Bonchev–Trinajstić information content (AvgIpc) is 2.74. The molecule has 3 nitrogen and oxygen atoms in total. The van der Waals surface area contributed by atoms with Gasteiger partial charge in [-0.05, 0) is 46.8 Å². The molecule has 1 aromatic rings. The molecule has 0 saturated carbocycles. The minimum absolute atomic E-state index is 0.311. The molecule has 0 fully saturated rings. The average molecular weight is 375 g/mol. The number of hydrogen-bond acceptors (Lipinski definition) is 3. The maximum absolute atomic E-state index is 12.0. The van der Waals surface area contributed by atoms with E-state index >= 15 is 0 Å². The molecular weight excluding hydrogens is 358 g/mol. The van der Waals surface area contributed by atoms with E-state index in [1.807, 2.05) is 0 Å². The van der Waals surface area contributed by atoms with E-state index in [0.29, 0.717) is 22.6 Å². The highest BCUT2D eigenvalue weighted by Crippen LogP contribution is 2.26. The van der Waals surface area contributed by atoms with Gasteiger partial charge in [0.15, 0.2) is 0 Å². The summed E-state index contributed by atoms with van der Waals surface area (Å²) in [5.74, 6) is 0.877. The fourth-order valence-electron chi connectivity index (χ4n) is 1.65. The van der Waals surface area contributed by atoms with Crippen LogP contribution in [0, 0.1) is 5.92 Å². The summed E-state index contributed by atoms with van der Waals surface area (Å²) in [4.78, 5) is 0. The zero-order chi connectivity index (χ0) is 13.6. The lowest BCUT2D eigenvalue weighted by atomic mass is 10.0. The monoisotopic (exact) mass is 373 g/mol. The number of halogens is 2. The number of nitrogens with one attached hydrogen (secondary N) is 1. The van der Waals surface area contributed by atoms with Crippen LogP contribution in [-0.2, 0) is 10.0 Å². The third-order valence-electron chi connectivity index (χ3n) is 2.59. The zero-order valence-corrected chi connectivity index (χ0v) is 14.1. The first-order chi connectivity index (χ1) is 8.49. The molecule has 1 heterocycles. The Hall–Kier alpha value is 0.380. The van der Waals surface area contributed by atoms with Gasteiger partial charge in [-0.25, -0.2) is 13.1 Å². The van der Waals surface area contributed by atoms with Crippen LogP contribution in [-0.4, -0.2) is 20.8 Å². The third kappa shape index (κ3) is 5.17. The molecule has 0 bridgehead atoms. The predicted octanol–water partition coefficient (Wildman–Crippen LogP) is 3.83. The van der Waals surface area contributed by atoms with Gasteiger partial charge in [-0.3, -0.25) is 0 Å². The van der Waals surface area contributed by atoms with Crippen LogP contribution in [0.1, 0.15) is 26.2 Å². The van der Waals surface area contributed by atoms with Crippen molar-refractivity contribution in [2.24, 2.45) is 5.92 Å². The molecule has 0 aliphatic heterocycles. The van der Waals surface area contributed by atoms with Gasteiger partial charge >= 0.3 is 0 Å². The molecule has 0 radical (unpaired) electrons. The molecule has 104 valence electrons. The molecule has 0 saturated heterocycles. The minimum atomic E-state index is -3.38. The van der Waals surface area contributed by atoms with Crippen molar-refractivity contribution in [2.75, 3.05) is 12.4 Å². The lowest BCUT2D eigenvalue weighted by molar-refractivity contribution is 0.457. The summed E-state index contributed by atoms with van der Waals surface area (Å²) >= 11 is 10.2. The minimum Gasteiger partial charge on any atom is -0.210 e. The molecule has 1 rings (SSSR count). The van der Waals surface area contributed by atoms with Crippen LogP contribution in [0.2, 0.25) is 0 Å². The Balaban J connectivity index is 2.60. The fraction of sp³-hybridized carbons (Fsp3) is 0.636. The summed E-state index contributed by atoms with van der Waals surface area (Å²) in [6.07, 6.45) is 2.86. The summed E-state index contributed by atoms with van der Waals surface area (Å²) in [6.45, 7) is 2.55. The summed E-state index contributed by atoms with van der Waals surface area (Å²) in [5.41, 5.74) is 0. The topological polar surface area (TPSA) is 46.2 Å². The zero-order valence-electron chi connectivity index (χ0n) is 10.2. The van der Waals surface area contributed by atoms with Gasteiger partial charge in [0.25, 0.3) is 0 Å². The van der Waals surface area contributed by atoms with Crippen molar-refractivity contribution >= 4 is 48.9 Å². The molecule has 1 unspecified atom stereocenters. The Morgan fingerprint density at radius 3 is 2.67 bits per heavy atom. The smallest absolute Gasteiger partial charge is 0.210 e. The van der Waals surface area contributed by atoms with Gasteiger partial charge in [0.1, 0.15) is 4.21 Å². The molecule has 0 spiro atoms. The molecule has 7 heteroatoms. The van der Waals surface area contributed by atoms with Crippen LogP contribution in [0.25, 0.3) is 0 Å². The van der Waals surface area contributed by atoms with Gasteiger partial charge in [0, 0.05) is 12.4 Å². The molecule has 0 amide bonds. The number of alkyl halides is 1. The highest BCUT2D eigenvalue weighted by molar-refractivity contribution is 9.11. The molecule has 1 atom stereocenters. The molecule has 0 aromatic carbocycles. The van der Waals surface area contributed by atoms with Crippen molar-refractivity contribution in [3.8, 4) is 0 Å². The SMILES string of the molecule is CCCC(CCCl)CNS(=O)(=O)c1ccc(Br)s1. The highest BCUT2D eigenvalue weighted by Gasteiger charge is 2.18. The summed E-state index contributed by atoms with van der Waals surface area (Å²) in [6, 6.07) is 3.34. The largest absolute Gasteiger partial charge is 0.250 e. The number of sulfonamides is 1. The van der Waals surface area contributed by atoms with Crippen molar-refractivity contribution in [1.29, 1.82) is 0 Å². The first-order valence-corrected chi connectivity index (χ1v) is 9.43. The molecule has 0 aliphatic rings. The van der Waals surface area contributed by atoms with Crippen LogP contribution in [0.5, 0.6) is 0 Å². The second-order valence-corrected chi connectivity index (χ2v) is 8.88. The lowest BCUT2D eigenvalue weighted by Crippen LogP contribution is -2.29. The molecular formula is C11H17BrClNO2S2. The molecule has 1 aromatic heterocycles. The van der Waals surface area contributed by atoms with Crippen molar-refractivity contribution in [2.45, 2.75) is 30.4 Å². The summed E-state index contributed by atoms with van der Waals surface area (Å²) in [5, 5.41) is 0. The molecule has 18 heavy (non-hydrogen) atoms. The van der Waals surface area contributed by atoms with Crippen LogP contribution in [0.3, 0.4) is 0 Å². The first-order valence-electron chi connectivity index (χ1n) is 5.80. The molecule has 1 N–H and O–H groups in total. The second-order valence-electron chi connectivity index (χ2n) is 4.04. The first kappa shape index (κ1) is 16.4. The highest BCUT2D eigenvalue weighted by atomic mass is 79.9. The Morgan fingerprint density at radius 1 is 1.44 bits per heavy atom. The van der Waals surface area contributed by atoms with Crippen LogP contribution in [0.4, 0.5) is 0 Å². The summed E-state index contributed by atoms with van der Waals surface area (Å²) in [7, 11) is -3.38. The Morgan fingerprint density at radius 2 is 2.17 bits per heavy atom. The van der Waals surface area contributed by atoms with Gasteiger partial charge in [0.2, 0.25) is 10.0 Å². The standard InChI is InChI=1S/C11H17BrClNO2S2/c1-2-3-9(6-7-13)8-14-18(15,16)11-5-4-10(12)17-11/h4-5,9,14H,2-3,6-8H2,1H3. The van der Waals surface area contributed by atoms with Gasteiger partial charge in [-0.2, -0.15) is 0 Å². The molecule has 0 aliphatic carbocycles. The number of thiophene rings is 1. The number of rotatable bonds is 8. The van der Waals surface area contributed by atoms with Crippen LogP contribution >= 0.6 is 38.9 Å². The van der Waals surface area contributed by atoms with Crippen molar-refractivity contribution < 1.29 is 8.42 Å². The summed E-state index contributed by atoms with van der Waals surface area (Å²) < 4.78 is 27.8. The lowest BCUT2D eigenvalue weighted by Gasteiger charge is -2.15. The van der Waals surface area contributed by atoms with E-state index in [1.54, 1.807) is 12.1 Å². The van der Waals surface area contributed by atoms with Crippen LogP contribution in [0.15, 0.2) is 20.1 Å². The normalized spacial score (nSPS) is 13.7. The maximum atomic E-state index is 12.0. The van der Waals surface area contributed by atoms with E-state index in [-0.39, 0.29) is 0 Å². The maximum Gasteiger partial charge on any atom is 0.250 e. The van der Waals surface area contributed by atoms with E-state index in [1.165, 1.54) is 11.3 Å². The van der Waals surface area contributed by atoms with E-state index < -0.39 is 10.0 Å². The Kier molecular flexibility index (Phi) is 7.16. The predicted molar refractivity (Wildman–Crippen MR) is 80.9 cm³/mol. The van der Waals surface area contributed by atoms with Gasteiger partial charge < -0.3 is 0 Å². The van der Waals surface area contributed by atoms with Crippen molar-refractivity contribution in [3.05, 3.63) is 15.9 Å². The van der Waals surface area contributed by atoms with Crippen molar-refractivity contribution in [1.82, 2.24) is 4.72 Å². The van der Waals surface area contributed by atoms with Crippen LogP contribution < -0.4 is 4.72 Å². The Labute approximate surface area is 126 Å². The quantitative estimate of drug-likeness (QED) is 0.703. The Bertz CT molecular complexity index is 455. The van der Waals surface area contributed by atoms with Crippen molar-refractivity contribution in [3.63, 3.8) is 0 Å². The number of hydrogen-bond donors (Lipinski definition) is 1. The third-order valence-corrected chi connectivity index (χ3v) is 6.35. The van der Waals surface area contributed by atoms with Gasteiger partial charge in [-0.1, -0.05) is 13.3 Å². The van der Waals surface area contributed by atoms with E-state index in [2.05, 4.69) is 27.6 Å². The van der Waals surface area contributed by atoms with Gasteiger partial charge in [0.05, 0.1) is 3.79 Å². The van der Waals surface area contributed by atoms with E-state index in [4.69, 9.17) is 11.6 Å². The van der Waals surface area contributed by atoms with Gasteiger partial charge in [-0.15, -0.1) is 22.9 Å². The second kappa shape index (κ2) is 7.85. The van der Waals surface area contributed by atoms with E-state index in [9.17, 15) is 8.42 Å². The van der Waals surface area contributed by atoms with E-state index in [0.717, 1.165) is 23.0 Å². The fourth-order valence-corrected chi connectivity index (χ4v) is 5.13.